The van der Waals surface area contributed by atoms with Crippen molar-refractivity contribution in [1.29, 1.82) is 0 Å². The molecular weight excluding hydrogens is 312 g/mol. The number of carbonyl (C=O) groups excluding carboxylic acids is 1. The lowest BCUT2D eigenvalue weighted by Crippen LogP contribution is -2.25. The minimum atomic E-state index is -0.744. The Hall–Kier alpha value is -2.38. The summed E-state index contributed by atoms with van der Waals surface area (Å²) in [6.07, 6.45) is 2.44. The zero-order valence-corrected chi connectivity index (χ0v) is 12.1. The highest BCUT2D eigenvalue weighted by atomic mass is 35.5. The zero-order valence-electron chi connectivity index (χ0n) is 11.4. The molecule has 22 heavy (non-hydrogen) atoms. The van der Waals surface area contributed by atoms with Crippen molar-refractivity contribution in [3.63, 3.8) is 0 Å². The standard InChI is InChI=1S/C14H13ClN2O5/c15-12-7-10(17(20)21)1-2-11(12)14(19)16-5-3-13(18)9-4-6-22-8-9/h1-2,4,6-8,13,18H,3,5H2,(H,16,19). The Bertz CT molecular complexity index is 672. The summed E-state index contributed by atoms with van der Waals surface area (Å²) in [6.45, 7) is 0.221. The van der Waals surface area contributed by atoms with Gasteiger partial charge in [-0.25, -0.2) is 0 Å². The number of halogens is 1. The molecule has 0 fully saturated rings. The SMILES string of the molecule is O=C(NCCC(O)c1ccoc1)c1ccc([N+](=O)[O-])cc1Cl. The molecule has 116 valence electrons. The van der Waals surface area contributed by atoms with Gasteiger partial charge in [-0.1, -0.05) is 11.6 Å². The molecule has 1 amide bonds. The van der Waals surface area contributed by atoms with E-state index < -0.39 is 16.9 Å². The van der Waals surface area contributed by atoms with Gasteiger partial charge >= 0.3 is 0 Å². The topological polar surface area (TPSA) is 106 Å². The second-order valence-corrected chi connectivity index (χ2v) is 4.95. The number of benzene rings is 1. The Kier molecular flexibility index (Phi) is 5.13. The molecule has 2 N–H and O–H groups in total. The quantitative estimate of drug-likeness (QED) is 0.627. The fourth-order valence-electron chi connectivity index (χ4n) is 1.85. The van der Waals surface area contributed by atoms with E-state index in [1.54, 1.807) is 6.07 Å². The molecule has 7 nitrogen and oxygen atoms in total. The Morgan fingerprint density at radius 1 is 1.45 bits per heavy atom. The minimum Gasteiger partial charge on any atom is -0.472 e. The lowest BCUT2D eigenvalue weighted by molar-refractivity contribution is -0.384. The first-order valence-electron chi connectivity index (χ1n) is 6.41. The van der Waals surface area contributed by atoms with Crippen molar-refractivity contribution in [2.45, 2.75) is 12.5 Å². The lowest BCUT2D eigenvalue weighted by Gasteiger charge is -2.10. The molecule has 0 saturated carbocycles. The van der Waals surface area contributed by atoms with Gasteiger partial charge in [0.15, 0.2) is 0 Å². The number of carbonyl (C=O) groups is 1. The van der Waals surface area contributed by atoms with Gasteiger partial charge in [0, 0.05) is 24.2 Å². The summed E-state index contributed by atoms with van der Waals surface area (Å²) >= 11 is 5.86. The first kappa shape index (κ1) is 16.0. The van der Waals surface area contributed by atoms with Crippen LogP contribution in [0.25, 0.3) is 0 Å². The van der Waals surface area contributed by atoms with Crippen LogP contribution in [0.5, 0.6) is 0 Å². The number of aliphatic hydroxyl groups is 1. The molecule has 8 heteroatoms. The summed E-state index contributed by atoms with van der Waals surface area (Å²) in [4.78, 5) is 22.0. The van der Waals surface area contributed by atoms with Crippen LogP contribution < -0.4 is 5.32 Å². The molecule has 0 spiro atoms. The van der Waals surface area contributed by atoms with Crippen LogP contribution >= 0.6 is 11.6 Å². The first-order chi connectivity index (χ1) is 10.5. The number of furan rings is 1. The van der Waals surface area contributed by atoms with E-state index in [0.29, 0.717) is 12.0 Å². The van der Waals surface area contributed by atoms with E-state index in [2.05, 4.69) is 5.32 Å². The third-order valence-corrected chi connectivity index (χ3v) is 3.35. The molecule has 0 saturated heterocycles. The van der Waals surface area contributed by atoms with E-state index in [-0.39, 0.29) is 22.8 Å². The van der Waals surface area contributed by atoms with Crippen LogP contribution in [-0.2, 0) is 0 Å². The van der Waals surface area contributed by atoms with Crippen molar-refractivity contribution in [1.82, 2.24) is 5.32 Å². The maximum atomic E-state index is 11.9. The van der Waals surface area contributed by atoms with Crippen LogP contribution in [-0.4, -0.2) is 22.5 Å². The monoisotopic (exact) mass is 324 g/mol. The summed E-state index contributed by atoms with van der Waals surface area (Å²) in [6, 6.07) is 5.26. The molecule has 2 rings (SSSR count). The van der Waals surface area contributed by atoms with Gasteiger partial charge in [0.05, 0.1) is 34.1 Å². The normalized spacial score (nSPS) is 11.9. The van der Waals surface area contributed by atoms with Crippen molar-refractivity contribution < 1.29 is 19.2 Å². The number of hydrogen-bond donors (Lipinski definition) is 2. The van der Waals surface area contributed by atoms with Crippen LogP contribution in [0.2, 0.25) is 5.02 Å². The molecule has 0 aliphatic rings. The number of nitro groups is 1. The number of nitro benzene ring substituents is 1. The smallest absolute Gasteiger partial charge is 0.270 e. The summed E-state index contributed by atoms with van der Waals surface area (Å²) < 4.78 is 4.86. The van der Waals surface area contributed by atoms with Crippen molar-refractivity contribution in [3.05, 3.63) is 63.1 Å². The molecule has 2 aromatic rings. The van der Waals surface area contributed by atoms with Crippen molar-refractivity contribution in [2.24, 2.45) is 0 Å². The summed E-state index contributed by atoms with van der Waals surface area (Å²) in [5.41, 5.74) is 0.588. The average molecular weight is 325 g/mol. The summed E-state index contributed by atoms with van der Waals surface area (Å²) in [5.74, 6) is -0.459. The molecule has 1 atom stereocenters. The van der Waals surface area contributed by atoms with Crippen molar-refractivity contribution >= 4 is 23.2 Å². The van der Waals surface area contributed by atoms with E-state index in [1.807, 2.05) is 0 Å². The molecular formula is C14H13ClN2O5. The Labute approximate surface area is 130 Å². The second kappa shape index (κ2) is 7.06. The number of rotatable bonds is 6. The third-order valence-electron chi connectivity index (χ3n) is 3.04. The fourth-order valence-corrected chi connectivity index (χ4v) is 2.11. The van der Waals surface area contributed by atoms with Gasteiger partial charge in [-0.3, -0.25) is 14.9 Å². The molecule has 0 radical (unpaired) electrons. The predicted octanol–water partition coefficient (Wildman–Crippen LogP) is 2.69. The highest BCUT2D eigenvalue weighted by Gasteiger charge is 2.15. The lowest BCUT2D eigenvalue weighted by atomic mass is 10.1. The number of nitrogens with zero attached hydrogens (tertiary/aromatic N) is 1. The number of aliphatic hydroxyl groups excluding tert-OH is 1. The van der Waals surface area contributed by atoms with Crippen LogP contribution in [0.4, 0.5) is 5.69 Å². The molecule has 0 aliphatic carbocycles. The summed E-state index contributed by atoms with van der Waals surface area (Å²) in [5, 5.41) is 23.0. The maximum absolute atomic E-state index is 11.9. The highest BCUT2D eigenvalue weighted by Crippen LogP contribution is 2.22. The minimum absolute atomic E-state index is 0.00193. The van der Waals surface area contributed by atoms with E-state index in [1.165, 1.54) is 24.7 Å². The van der Waals surface area contributed by atoms with Crippen LogP contribution in [0, 0.1) is 10.1 Å². The number of hydrogen-bond acceptors (Lipinski definition) is 5. The largest absolute Gasteiger partial charge is 0.472 e. The first-order valence-corrected chi connectivity index (χ1v) is 6.79. The maximum Gasteiger partial charge on any atom is 0.270 e. The Balaban J connectivity index is 1.91. The fraction of sp³-hybridized carbons (Fsp3) is 0.214. The van der Waals surface area contributed by atoms with Gasteiger partial charge in [-0.05, 0) is 18.6 Å². The van der Waals surface area contributed by atoms with Gasteiger partial charge in [0.25, 0.3) is 11.6 Å². The third kappa shape index (κ3) is 3.84. The predicted molar refractivity (Wildman–Crippen MR) is 78.7 cm³/mol. The van der Waals surface area contributed by atoms with E-state index in [9.17, 15) is 20.0 Å². The van der Waals surface area contributed by atoms with Gasteiger partial charge < -0.3 is 14.8 Å². The molecule has 0 bridgehead atoms. The number of amides is 1. The van der Waals surface area contributed by atoms with Gasteiger partial charge in [-0.2, -0.15) is 0 Å². The van der Waals surface area contributed by atoms with Crippen molar-refractivity contribution in [3.8, 4) is 0 Å². The number of non-ortho nitro benzene ring substituents is 1. The van der Waals surface area contributed by atoms with Crippen LogP contribution in [0.15, 0.2) is 41.2 Å². The van der Waals surface area contributed by atoms with Gasteiger partial charge in [0.1, 0.15) is 0 Å². The molecule has 1 aromatic heterocycles. The molecule has 1 heterocycles. The molecule has 1 aromatic carbocycles. The van der Waals surface area contributed by atoms with Crippen molar-refractivity contribution in [2.75, 3.05) is 6.54 Å². The summed E-state index contributed by atoms with van der Waals surface area (Å²) in [7, 11) is 0. The Morgan fingerprint density at radius 3 is 2.82 bits per heavy atom. The van der Waals surface area contributed by atoms with E-state index in [0.717, 1.165) is 6.07 Å². The average Bonchev–Trinajstić information content (AvgIpc) is 3.01. The highest BCUT2D eigenvalue weighted by molar-refractivity contribution is 6.34. The second-order valence-electron chi connectivity index (χ2n) is 4.54. The molecule has 0 aliphatic heterocycles. The molecule has 1 unspecified atom stereocenters. The van der Waals surface area contributed by atoms with E-state index in [4.69, 9.17) is 16.0 Å². The number of nitrogens with one attached hydrogen (secondary N) is 1. The van der Waals surface area contributed by atoms with Gasteiger partial charge in [0.2, 0.25) is 0 Å². The van der Waals surface area contributed by atoms with Crippen LogP contribution in [0.3, 0.4) is 0 Å². The van der Waals surface area contributed by atoms with E-state index >= 15 is 0 Å². The van der Waals surface area contributed by atoms with Gasteiger partial charge in [-0.15, -0.1) is 0 Å². The zero-order chi connectivity index (χ0) is 16.1. The van der Waals surface area contributed by atoms with Crippen LogP contribution in [0.1, 0.15) is 28.4 Å². The Morgan fingerprint density at radius 2 is 2.23 bits per heavy atom.